The predicted molar refractivity (Wildman–Crippen MR) is 75.5 cm³/mol. The fourth-order valence-corrected chi connectivity index (χ4v) is 2.13. The molecule has 0 atom stereocenters. The Bertz CT molecular complexity index is 672. The van der Waals surface area contributed by atoms with E-state index in [4.69, 9.17) is 14.2 Å². The minimum atomic E-state index is -0.427. The van der Waals surface area contributed by atoms with E-state index >= 15 is 0 Å². The van der Waals surface area contributed by atoms with Crippen molar-refractivity contribution in [2.45, 2.75) is 6.54 Å². The van der Waals surface area contributed by atoms with Crippen molar-refractivity contribution >= 4 is 11.8 Å². The number of anilines is 1. The van der Waals surface area contributed by atoms with E-state index in [0.717, 1.165) is 17.1 Å². The summed E-state index contributed by atoms with van der Waals surface area (Å²) in [5, 5.41) is 3.13. The number of fused-ring (bicyclic) bond motifs is 1. The van der Waals surface area contributed by atoms with Crippen molar-refractivity contribution in [3.05, 3.63) is 47.7 Å². The average Bonchev–Trinajstić information content (AvgIpc) is 3.01. The third kappa shape index (κ3) is 2.60. The van der Waals surface area contributed by atoms with E-state index in [9.17, 15) is 4.79 Å². The first-order valence-corrected chi connectivity index (χ1v) is 6.44. The Kier molecular flexibility index (Phi) is 3.59. The van der Waals surface area contributed by atoms with Crippen LogP contribution in [0.5, 0.6) is 11.5 Å². The fraction of sp³-hybridized carbons (Fsp3) is 0.200. The number of hydrogen-bond donors (Lipinski definition) is 1. The molecular weight excluding hydrogens is 272 g/mol. The van der Waals surface area contributed by atoms with E-state index in [1.165, 1.54) is 7.11 Å². The molecule has 2 heterocycles. The first kappa shape index (κ1) is 13.2. The molecule has 1 aliphatic rings. The Morgan fingerprint density at radius 1 is 1.33 bits per heavy atom. The van der Waals surface area contributed by atoms with E-state index in [0.29, 0.717) is 17.9 Å². The molecule has 0 aliphatic carbocycles. The summed E-state index contributed by atoms with van der Waals surface area (Å²) in [5.74, 6) is 1.49. The van der Waals surface area contributed by atoms with Gasteiger partial charge in [-0.05, 0) is 18.2 Å². The van der Waals surface area contributed by atoms with Gasteiger partial charge in [0.1, 0.15) is 11.4 Å². The second-order valence-electron chi connectivity index (χ2n) is 4.40. The van der Waals surface area contributed by atoms with Gasteiger partial charge in [0.25, 0.3) is 0 Å². The third-order valence-electron chi connectivity index (χ3n) is 3.14. The topological polar surface area (TPSA) is 69.7 Å². The van der Waals surface area contributed by atoms with Crippen molar-refractivity contribution in [1.29, 1.82) is 0 Å². The number of nitrogens with one attached hydrogen (secondary N) is 1. The van der Waals surface area contributed by atoms with Gasteiger partial charge < -0.3 is 19.5 Å². The van der Waals surface area contributed by atoms with Crippen LogP contribution in [0, 0.1) is 0 Å². The number of hydrogen-bond acceptors (Lipinski definition) is 6. The van der Waals surface area contributed by atoms with Gasteiger partial charge in [0.2, 0.25) is 6.79 Å². The van der Waals surface area contributed by atoms with Gasteiger partial charge in [0, 0.05) is 18.3 Å². The van der Waals surface area contributed by atoms with E-state index in [2.05, 4.69) is 10.3 Å². The normalized spacial score (nSPS) is 12.0. The number of esters is 1. The quantitative estimate of drug-likeness (QED) is 0.869. The van der Waals surface area contributed by atoms with E-state index in [1.807, 2.05) is 18.2 Å². The molecular formula is C15H14N2O4. The second-order valence-corrected chi connectivity index (χ2v) is 4.40. The van der Waals surface area contributed by atoms with Gasteiger partial charge in [-0.25, -0.2) is 9.78 Å². The molecule has 1 aromatic heterocycles. The number of carbonyl (C=O) groups is 1. The lowest BCUT2D eigenvalue weighted by Gasteiger charge is -2.10. The number of para-hydroxylation sites is 1. The summed E-state index contributed by atoms with van der Waals surface area (Å²) in [6.07, 6.45) is 1.61. The molecule has 0 spiro atoms. The van der Waals surface area contributed by atoms with E-state index in [-0.39, 0.29) is 6.79 Å². The standard InChI is InChI=1S/C15H14N2O4/c1-19-15(18)11-5-3-7-16-14(11)17-8-10-4-2-6-12-13(10)21-9-20-12/h2-7H,8-9H2,1H3,(H,16,17). The van der Waals surface area contributed by atoms with Crippen molar-refractivity contribution < 1.29 is 19.0 Å². The Balaban J connectivity index is 1.80. The molecule has 0 saturated heterocycles. The number of methoxy groups -OCH3 is 1. The van der Waals surface area contributed by atoms with E-state index < -0.39 is 5.97 Å². The molecule has 0 bridgehead atoms. The second kappa shape index (κ2) is 5.70. The molecule has 108 valence electrons. The van der Waals surface area contributed by atoms with Gasteiger partial charge in [-0.15, -0.1) is 0 Å². The van der Waals surface area contributed by atoms with Crippen molar-refractivity contribution in [2.75, 3.05) is 19.2 Å². The van der Waals surface area contributed by atoms with Gasteiger partial charge in [-0.1, -0.05) is 12.1 Å². The predicted octanol–water partition coefficient (Wildman–Crippen LogP) is 2.21. The molecule has 0 fully saturated rings. The Morgan fingerprint density at radius 2 is 2.24 bits per heavy atom. The van der Waals surface area contributed by atoms with Crippen molar-refractivity contribution in [3.63, 3.8) is 0 Å². The van der Waals surface area contributed by atoms with Crippen LogP contribution in [0.2, 0.25) is 0 Å². The Labute approximate surface area is 121 Å². The van der Waals surface area contributed by atoms with E-state index in [1.54, 1.807) is 18.3 Å². The fourth-order valence-electron chi connectivity index (χ4n) is 2.13. The van der Waals surface area contributed by atoms with Crippen LogP contribution in [-0.2, 0) is 11.3 Å². The van der Waals surface area contributed by atoms with Crippen molar-refractivity contribution in [3.8, 4) is 11.5 Å². The molecule has 6 heteroatoms. The average molecular weight is 286 g/mol. The number of benzene rings is 1. The highest BCUT2D eigenvalue weighted by Crippen LogP contribution is 2.35. The van der Waals surface area contributed by atoms with Crippen LogP contribution in [0.3, 0.4) is 0 Å². The highest BCUT2D eigenvalue weighted by molar-refractivity contribution is 5.94. The smallest absolute Gasteiger partial charge is 0.341 e. The Hall–Kier alpha value is -2.76. The monoisotopic (exact) mass is 286 g/mol. The minimum absolute atomic E-state index is 0.226. The van der Waals surface area contributed by atoms with Gasteiger partial charge in [0.05, 0.1) is 7.11 Å². The van der Waals surface area contributed by atoms with Crippen LogP contribution in [0.25, 0.3) is 0 Å². The molecule has 3 rings (SSSR count). The summed E-state index contributed by atoms with van der Waals surface area (Å²) >= 11 is 0. The lowest BCUT2D eigenvalue weighted by Crippen LogP contribution is -2.10. The van der Waals surface area contributed by atoms with Gasteiger partial charge in [0.15, 0.2) is 11.5 Å². The van der Waals surface area contributed by atoms with Crippen LogP contribution in [0.1, 0.15) is 15.9 Å². The molecule has 6 nitrogen and oxygen atoms in total. The van der Waals surface area contributed by atoms with Gasteiger partial charge >= 0.3 is 5.97 Å². The molecule has 0 radical (unpaired) electrons. The van der Waals surface area contributed by atoms with Crippen LogP contribution in [0.4, 0.5) is 5.82 Å². The summed E-state index contributed by atoms with van der Waals surface area (Å²) < 4.78 is 15.5. The largest absolute Gasteiger partial charge is 0.465 e. The molecule has 21 heavy (non-hydrogen) atoms. The first-order valence-electron chi connectivity index (χ1n) is 6.44. The Morgan fingerprint density at radius 3 is 3.10 bits per heavy atom. The molecule has 0 unspecified atom stereocenters. The number of rotatable bonds is 4. The zero-order valence-corrected chi connectivity index (χ0v) is 11.5. The number of aromatic nitrogens is 1. The zero-order chi connectivity index (χ0) is 14.7. The number of nitrogens with zero attached hydrogens (tertiary/aromatic N) is 1. The third-order valence-corrected chi connectivity index (χ3v) is 3.14. The lowest BCUT2D eigenvalue weighted by atomic mass is 10.2. The summed E-state index contributed by atoms with van der Waals surface area (Å²) in [5.41, 5.74) is 1.33. The maximum atomic E-state index is 11.7. The highest BCUT2D eigenvalue weighted by atomic mass is 16.7. The molecule has 0 saturated carbocycles. The van der Waals surface area contributed by atoms with Gasteiger partial charge in [-0.3, -0.25) is 0 Å². The number of pyridine rings is 1. The SMILES string of the molecule is COC(=O)c1cccnc1NCc1cccc2c1OCO2. The molecule has 2 aromatic rings. The molecule has 1 aliphatic heterocycles. The first-order chi connectivity index (χ1) is 10.3. The van der Waals surface area contributed by atoms with Crippen LogP contribution in [-0.4, -0.2) is 24.9 Å². The molecule has 1 aromatic carbocycles. The number of carbonyl (C=O) groups excluding carboxylic acids is 1. The minimum Gasteiger partial charge on any atom is -0.465 e. The van der Waals surface area contributed by atoms with Gasteiger partial charge in [-0.2, -0.15) is 0 Å². The summed E-state index contributed by atoms with van der Waals surface area (Å²) in [4.78, 5) is 15.9. The van der Waals surface area contributed by atoms with Crippen molar-refractivity contribution in [1.82, 2.24) is 4.98 Å². The lowest BCUT2D eigenvalue weighted by molar-refractivity contribution is 0.0601. The van der Waals surface area contributed by atoms with Crippen LogP contribution in [0.15, 0.2) is 36.5 Å². The van der Waals surface area contributed by atoms with Crippen LogP contribution < -0.4 is 14.8 Å². The van der Waals surface area contributed by atoms with Crippen molar-refractivity contribution in [2.24, 2.45) is 0 Å². The molecule has 0 amide bonds. The van der Waals surface area contributed by atoms with Crippen LogP contribution >= 0.6 is 0 Å². The highest BCUT2D eigenvalue weighted by Gasteiger charge is 2.18. The summed E-state index contributed by atoms with van der Waals surface area (Å²) in [7, 11) is 1.34. The molecule has 1 N–H and O–H groups in total. The number of ether oxygens (including phenoxy) is 3. The summed E-state index contributed by atoms with van der Waals surface area (Å²) in [6, 6.07) is 9.03. The zero-order valence-electron chi connectivity index (χ0n) is 11.5. The maximum Gasteiger partial charge on any atom is 0.341 e. The maximum absolute atomic E-state index is 11.7. The summed E-state index contributed by atoms with van der Waals surface area (Å²) in [6.45, 7) is 0.691.